The molecule has 0 saturated heterocycles. The summed E-state index contributed by atoms with van der Waals surface area (Å²) in [6.45, 7) is 1.59. The van der Waals surface area contributed by atoms with Gasteiger partial charge in [-0.05, 0) is 23.4 Å². The van der Waals surface area contributed by atoms with E-state index in [1.54, 1.807) is 6.92 Å². The molecule has 2 rings (SSSR count). The molecule has 1 aromatic carbocycles. The van der Waals surface area contributed by atoms with Crippen LogP contribution in [0.2, 0.25) is 0 Å². The van der Waals surface area contributed by atoms with E-state index in [1.807, 2.05) is 0 Å². The zero-order chi connectivity index (χ0) is 15.8. The second-order valence-corrected chi connectivity index (χ2v) is 6.93. The first-order chi connectivity index (χ1) is 9.69. The molecule has 2 N–H and O–H groups in total. The van der Waals surface area contributed by atoms with Crippen molar-refractivity contribution >= 4 is 15.5 Å². The number of rotatable bonds is 4. The number of nitrogen functional groups attached to an aromatic ring is 1. The van der Waals surface area contributed by atoms with E-state index in [0.29, 0.717) is 0 Å². The standard InChI is InChI=1S/C11H13F2N5O2S/c1-6(5-21(2,19)20)18-11(15-16-17-18)7-3-8(12)9(13)4-10(7)14/h3-4,6H,5,14H2,1-2H3. The highest BCUT2D eigenvalue weighted by Gasteiger charge is 2.21. The van der Waals surface area contributed by atoms with Crippen LogP contribution in [0, 0.1) is 11.6 Å². The molecule has 0 aliphatic heterocycles. The highest BCUT2D eigenvalue weighted by atomic mass is 32.2. The van der Waals surface area contributed by atoms with Gasteiger partial charge in [-0.15, -0.1) is 5.10 Å². The highest BCUT2D eigenvalue weighted by molar-refractivity contribution is 7.90. The monoisotopic (exact) mass is 317 g/mol. The van der Waals surface area contributed by atoms with Gasteiger partial charge >= 0.3 is 0 Å². The van der Waals surface area contributed by atoms with Crippen molar-refractivity contribution in [3.8, 4) is 11.4 Å². The number of nitrogens with two attached hydrogens (primary N) is 1. The molecule has 1 heterocycles. The molecular formula is C11H13F2N5O2S. The zero-order valence-corrected chi connectivity index (χ0v) is 12.1. The largest absolute Gasteiger partial charge is 0.398 e. The average molecular weight is 317 g/mol. The van der Waals surface area contributed by atoms with Gasteiger partial charge in [-0.3, -0.25) is 0 Å². The number of hydrogen-bond donors (Lipinski definition) is 1. The van der Waals surface area contributed by atoms with Crippen molar-refractivity contribution in [3.05, 3.63) is 23.8 Å². The molecule has 7 nitrogen and oxygen atoms in total. The van der Waals surface area contributed by atoms with Crippen LogP contribution in [0.25, 0.3) is 11.4 Å². The minimum absolute atomic E-state index is 0.0449. The third-order valence-electron chi connectivity index (χ3n) is 2.79. The molecule has 0 aliphatic carbocycles. The molecule has 0 spiro atoms. The fraction of sp³-hybridized carbons (Fsp3) is 0.364. The second kappa shape index (κ2) is 5.35. The van der Waals surface area contributed by atoms with Gasteiger partial charge in [0.05, 0.1) is 11.8 Å². The molecule has 0 amide bonds. The zero-order valence-electron chi connectivity index (χ0n) is 11.3. The van der Waals surface area contributed by atoms with Gasteiger partial charge in [-0.1, -0.05) is 0 Å². The quantitative estimate of drug-likeness (QED) is 0.837. The summed E-state index contributed by atoms with van der Waals surface area (Å²) in [6.07, 6.45) is 1.08. The highest BCUT2D eigenvalue weighted by Crippen LogP contribution is 2.27. The van der Waals surface area contributed by atoms with Crippen molar-refractivity contribution in [2.24, 2.45) is 0 Å². The van der Waals surface area contributed by atoms with Crippen LogP contribution in [0.4, 0.5) is 14.5 Å². The van der Waals surface area contributed by atoms with Gasteiger partial charge in [0.2, 0.25) is 0 Å². The van der Waals surface area contributed by atoms with E-state index in [9.17, 15) is 17.2 Å². The van der Waals surface area contributed by atoms with E-state index in [1.165, 1.54) is 4.68 Å². The Labute approximate surface area is 119 Å². The molecule has 2 aromatic rings. The lowest BCUT2D eigenvalue weighted by Gasteiger charge is -2.13. The number of tetrazole rings is 1. The summed E-state index contributed by atoms with van der Waals surface area (Å²) in [4.78, 5) is 0. The number of sulfone groups is 1. The van der Waals surface area contributed by atoms with E-state index in [0.717, 1.165) is 18.4 Å². The van der Waals surface area contributed by atoms with Gasteiger partial charge in [0.15, 0.2) is 17.5 Å². The van der Waals surface area contributed by atoms with E-state index < -0.39 is 27.5 Å². The summed E-state index contributed by atoms with van der Waals surface area (Å²) >= 11 is 0. The number of nitrogens with zero attached hydrogens (tertiary/aromatic N) is 4. The summed E-state index contributed by atoms with van der Waals surface area (Å²) in [5, 5.41) is 10.8. The fourth-order valence-electron chi connectivity index (χ4n) is 1.93. The molecular weight excluding hydrogens is 304 g/mol. The minimum Gasteiger partial charge on any atom is -0.398 e. The molecule has 114 valence electrons. The van der Waals surface area contributed by atoms with Crippen molar-refractivity contribution in [2.45, 2.75) is 13.0 Å². The molecule has 0 fully saturated rings. The van der Waals surface area contributed by atoms with Crippen molar-refractivity contribution < 1.29 is 17.2 Å². The Kier molecular flexibility index (Phi) is 3.90. The molecule has 0 radical (unpaired) electrons. The lowest BCUT2D eigenvalue weighted by atomic mass is 10.1. The molecule has 0 aliphatic rings. The lowest BCUT2D eigenvalue weighted by Crippen LogP contribution is -2.19. The van der Waals surface area contributed by atoms with Crippen LogP contribution >= 0.6 is 0 Å². The Morgan fingerprint density at radius 2 is 1.95 bits per heavy atom. The smallest absolute Gasteiger partial charge is 0.184 e. The Hall–Kier alpha value is -2.10. The summed E-state index contributed by atoms with van der Waals surface area (Å²) in [7, 11) is -3.26. The molecule has 1 aromatic heterocycles. The number of benzene rings is 1. The van der Waals surface area contributed by atoms with Crippen LogP contribution in [0.1, 0.15) is 13.0 Å². The van der Waals surface area contributed by atoms with Gasteiger partial charge in [-0.25, -0.2) is 21.9 Å². The SMILES string of the molecule is CC(CS(C)(=O)=O)n1nnnc1-c1cc(F)c(F)cc1N. The summed E-state index contributed by atoms with van der Waals surface area (Å²) in [6, 6.07) is 1.11. The third kappa shape index (κ3) is 3.32. The van der Waals surface area contributed by atoms with Crippen molar-refractivity contribution in [2.75, 3.05) is 17.7 Å². The van der Waals surface area contributed by atoms with Crippen LogP contribution in [0.5, 0.6) is 0 Å². The first-order valence-electron chi connectivity index (χ1n) is 5.89. The topological polar surface area (TPSA) is 104 Å². The number of hydrogen-bond acceptors (Lipinski definition) is 6. The normalized spacial score (nSPS) is 13.3. The Balaban J connectivity index is 2.48. The number of halogens is 2. The maximum absolute atomic E-state index is 13.4. The Morgan fingerprint density at radius 3 is 2.57 bits per heavy atom. The van der Waals surface area contributed by atoms with Crippen LogP contribution in [-0.2, 0) is 9.84 Å². The summed E-state index contributed by atoms with van der Waals surface area (Å²) in [5.74, 6) is -2.30. The molecule has 10 heteroatoms. The van der Waals surface area contributed by atoms with Gasteiger partial charge in [0.1, 0.15) is 9.84 Å². The average Bonchev–Trinajstić information content (AvgIpc) is 2.80. The lowest BCUT2D eigenvalue weighted by molar-refractivity contribution is 0.504. The molecule has 0 saturated carbocycles. The van der Waals surface area contributed by atoms with Gasteiger partial charge < -0.3 is 5.73 Å². The Bertz CT molecular complexity index is 775. The predicted molar refractivity (Wildman–Crippen MR) is 72.0 cm³/mol. The van der Waals surface area contributed by atoms with Crippen LogP contribution < -0.4 is 5.73 Å². The van der Waals surface area contributed by atoms with Crippen molar-refractivity contribution in [1.82, 2.24) is 20.2 Å². The van der Waals surface area contributed by atoms with Gasteiger partial charge in [-0.2, -0.15) is 0 Å². The maximum atomic E-state index is 13.4. The van der Waals surface area contributed by atoms with Gasteiger partial charge in [0, 0.05) is 23.6 Å². The number of aromatic nitrogens is 4. The van der Waals surface area contributed by atoms with E-state index in [4.69, 9.17) is 5.73 Å². The first kappa shape index (κ1) is 15.3. The Morgan fingerprint density at radius 1 is 1.33 bits per heavy atom. The summed E-state index contributed by atoms with van der Waals surface area (Å²) < 4.78 is 50.3. The third-order valence-corrected chi connectivity index (χ3v) is 3.88. The van der Waals surface area contributed by atoms with Crippen molar-refractivity contribution in [3.63, 3.8) is 0 Å². The van der Waals surface area contributed by atoms with E-state index >= 15 is 0 Å². The minimum atomic E-state index is -3.26. The molecule has 21 heavy (non-hydrogen) atoms. The van der Waals surface area contributed by atoms with Crippen LogP contribution in [0.15, 0.2) is 12.1 Å². The van der Waals surface area contributed by atoms with E-state index in [-0.39, 0.29) is 22.8 Å². The molecule has 1 atom stereocenters. The molecule has 1 unspecified atom stereocenters. The van der Waals surface area contributed by atoms with Crippen molar-refractivity contribution in [1.29, 1.82) is 0 Å². The summed E-state index contributed by atoms with van der Waals surface area (Å²) in [5.41, 5.74) is 5.70. The van der Waals surface area contributed by atoms with Gasteiger partial charge in [0.25, 0.3) is 0 Å². The first-order valence-corrected chi connectivity index (χ1v) is 7.95. The fourth-order valence-corrected chi connectivity index (χ4v) is 2.95. The van der Waals surface area contributed by atoms with Crippen LogP contribution in [0.3, 0.4) is 0 Å². The predicted octanol–water partition coefficient (Wildman–Crippen LogP) is 0.806. The van der Waals surface area contributed by atoms with Crippen LogP contribution in [-0.4, -0.2) is 40.6 Å². The number of anilines is 1. The molecule has 0 bridgehead atoms. The van der Waals surface area contributed by atoms with E-state index in [2.05, 4.69) is 15.5 Å². The maximum Gasteiger partial charge on any atom is 0.184 e. The second-order valence-electron chi connectivity index (χ2n) is 4.74.